The molecule has 2 N–H and O–H groups in total. The Morgan fingerprint density at radius 3 is 2.46 bits per heavy atom. The number of ether oxygens (including phenoxy) is 3. The maximum atomic E-state index is 9.93. The van der Waals surface area contributed by atoms with Gasteiger partial charge in [0, 0.05) is 6.54 Å². The normalized spacial score (nSPS) is 11.8. The first-order chi connectivity index (χ1) is 11.7. The molecule has 5 nitrogen and oxygen atoms in total. The summed E-state index contributed by atoms with van der Waals surface area (Å²) in [6.45, 7) is 1.52. The van der Waals surface area contributed by atoms with Crippen LogP contribution in [0.5, 0.6) is 17.2 Å². The molecule has 0 aliphatic heterocycles. The average Bonchev–Trinajstić information content (AvgIpc) is 2.64. The minimum atomic E-state index is -0.546. The van der Waals surface area contributed by atoms with Crippen molar-refractivity contribution >= 4 is 0 Å². The Bertz CT molecular complexity index is 604. The number of aliphatic hydroxyl groups is 1. The van der Waals surface area contributed by atoms with Gasteiger partial charge in [0.15, 0.2) is 11.5 Å². The van der Waals surface area contributed by atoms with Gasteiger partial charge in [0.2, 0.25) is 0 Å². The predicted molar refractivity (Wildman–Crippen MR) is 94.1 cm³/mol. The van der Waals surface area contributed by atoms with E-state index in [0.29, 0.717) is 6.54 Å². The van der Waals surface area contributed by atoms with Crippen LogP contribution < -0.4 is 19.5 Å². The standard InChI is InChI=1S/C19H25NO4/c1-22-18-9-8-15(12-19(18)23-2)10-11-20-13-16(21)14-24-17-6-4-3-5-7-17/h3-9,12,16,20-21H,10-11,13-14H2,1-2H3/t16-/m0/s1. The molecule has 0 heterocycles. The maximum Gasteiger partial charge on any atom is 0.160 e. The van der Waals surface area contributed by atoms with E-state index in [2.05, 4.69) is 5.32 Å². The molecular formula is C19H25NO4. The fourth-order valence-electron chi connectivity index (χ4n) is 2.31. The summed E-state index contributed by atoms with van der Waals surface area (Å²) < 4.78 is 16.0. The number of hydrogen-bond acceptors (Lipinski definition) is 5. The van der Waals surface area contributed by atoms with E-state index in [1.807, 2.05) is 48.5 Å². The summed E-state index contributed by atoms with van der Waals surface area (Å²) in [6.07, 6.45) is 0.294. The second-order valence-electron chi connectivity index (χ2n) is 5.42. The SMILES string of the molecule is COc1ccc(CCNC[C@H](O)COc2ccccc2)cc1OC. The molecule has 0 aromatic heterocycles. The fraction of sp³-hybridized carbons (Fsp3) is 0.368. The molecule has 0 aliphatic rings. The Morgan fingerprint density at radius 2 is 1.75 bits per heavy atom. The van der Waals surface area contributed by atoms with Gasteiger partial charge in [-0.2, -0.15) is 0 Å². The zero-order valence-electron chi connectivity index (χ0n) is 14.2. The Balaban J connectivity index is 1.67. The van der Waals surface area contributed by atoms with E-state index in [1.165, 1.54) is 0 Å². The van der Waals surface area contributed by atoms with Crippen molar-refractivity contribution in [3.05, 3.63) is 54.1 Å². The lowest BCUT2D eigenvalue weighted by Gasteiger charge is -2.14. The predicted octanol–water partition coefficient (Wildman–Crippen LogP) is 2.28. The van der Waals surface area contributed by atoms with Crippen LogP contribution >= 0.6 is 0 Å². The van der Waals surface area contributed by atoms with Crippen LogP contribution in [0.25, 0.3) is 0 Å². The van der Waals surface area contributed by atoms with E-state index >= 15 is 0 Å². The molecule has 2 rings (SSSR count). The summed E-state index contributed by atoms with van der Waals surface area (Å²) in [4.78, 5) is 0. The molecule has 0 radical (unpaired) electrons. The van der Waals surface area contributed by atoms with Crippen LogP contribution in [0.4, 0.5) is 0 Å². The number of benzene rings is 2. The minimum Gasteiger partial charge on any atom is -0.493 e. The first kappa shape index (κ1) is 18.1. The van der Waals surface area contributed by atoms with Gasteiger partial charge in [-0.3, -0.25) is 0 Å². The number of para-hydroxylation sites is 1. The monoisotopic (exact) mass is 331 g/mol. The highest BCUT2D eigenvalue weighted by atomic mass is 16.5. The number of aliphatic hydroxyl groups excluding tert-OH is 1. The van der Waals surface area contributed by atoms with Crippen LogP contribution in [-0.2, 0) is 6.42 Å². The lowest BCUT2D eigenvalue weighted by Crippen LogP contribution is -2.32. The molecule has 2 aromatic rings. The van der Waals surface area contributed by atoms with Crippen molar-refractivity contribution in [3.63, 3.8) is 0 Å². The summed E-state index contributed by atoms with van der Waals surface area (Å²) in [6, 6.07) is 15.4. The molecule has 5 heteroatoms. The topological polar surface area (TPSA) is 60.0 Å². The van der Waals surface area contributed by atoms with Crippen molar-refractivity contribution in [2.75, 3.05) is 33.9 Å². The van der Waals surface area contributed by atoms with E-state index in [0.717, 1.165) is 35.8 Å². The van der Waals surface area contributed by atoms with Crippen LogP contribution in [0.1, 0.15) is 5.56 Å². The van der Waals surface area contributed by atoms with Crippen molar-refractivity contribution in [3.8, 4) is 17.2 Å². The Hall–Kier alpha value is -2.24. The molecule has 0 unspecified atom stereocenters. The molecular weight excluding hydrogens is 306 g/mol. The highest BCUT2D eigenvalue weighted by Crippen LogP contribution is 2.27. The molecule has 1 atom stereocenters. The molecule has 0 spiro atoms. The van der Waals surface area contributed by atoms with Gasteiger partial charge in [-0.05, 0) is 42.8 Å². The van der Waals surface area contributed by atoms with Gasteiger partial charge in [0.1, 0.15) is 18.5 Å². The van der Waals surface area contributed by atoms with E-state index < -0.39 is 6.10 Å². The molecule has 0 saturated carbocycles. The van der Waals surface area contributed by atoms with Crippen LogP contribution in [0.15, 0.2) is 48.5 Å². The molecule has 0 saturated heterocycles. The van der Waals surface area contributed by atoms with E-state index in [-0.39, 0.29) is 6.61 Å². The summed E-state index contributed by atoms with van der Waals surface area (Å²) in [5.41, 5.74) is 1.15. The smallest absolute Gasteiger partial charge is 0.160 e. The third-order valence-corrected chi connectivity index (χ3v) is 3.60. The molecule has 0 fully saturated rings. The zero-order valence-corrected chi connectivity index (χ0v) is 14.2. The largest absolute Gasteiger partial charge is 0.493 e. The summed E-state index contributed by atoms with van der Waals surface area (Å²) in [7, 11) is 3.25. The van der Waals surface area contributed by atoms with E-state index in [9.17, 15) is 5.11 Å². The van der Waals surface area contributed by atoms with Gasteiger partial charge in [-0.1, -0.05) is 24.3 Å². The molecule has 130 valence electrons. The maximum absolute atomic E-state index is 9.93. The van der Waals surface area contributed by atoms with Crippen molar-refractivity contribution in [1.29, 1.82) is 0 Å². The average molecular weight is 331 g/mol. The van der Waals surface area contributed by atoms with Gasteiger partial charge < -0.3 is 24.6 Å². The quantitative estimate of drug-likeness (QED) is 0.654. The first-order valence-electron chi connectivity index (χ1n) is 8.00. The highest BCUT2D eigenvalue weighted by Gasteiger charge is 2.06. The first-order valence-corrected chi connectivity index (χ1v) is 8.00. The van der Waals surface area contributed by atoms with E-state index in [4.69, 9.17) is 14.2 Å². The van der Waals surface area contributed by atoms with Gasteiger partial charge in [-0.25, -0.2) is 0 Å². The fourth-order valence-corrected chi connectivity index (χ4v) is 2.31. The number of rotatable bonds is 10. The number of hydrogen-bond donors (Lipinski definition) is 2. The second kappa shape index (κ2) is 9.80. The molecule has 0 amide bonds. The summed E-state index contributed by atoms with van der Waals surface area (Å²) >= 11 is 0. The number of nitrogens with one attached hydrogen (secondary N) is 1. The third kappa shape index (κ3) is 5.76. The van der Waals surface area contributed by atoms with Crippen molar-refractivity contribution in [2.45, 2.75) is 12.5 Å². The van der Waals surface area contributed by atoms with Gasteiger partial charge in [-0.15, -0.1) is 0 Å². The molecule has 24 heavy (non-hydrogen) atoms. The zero-order chi connectivity index (χ0) is 17.2. The Kier molecular flexibility index (Phi) is 7.39. The van der Waals surface area contributed by atoms with Crippen molar-refractivity contribution in [1.82, 2.24) is 5.32 Å². The highest BCUT2D eigenvalue weighted by molar-refractivity contribution is 5.42. The minimum absolute atomic E-state index is 0.271. The van der Waals surface area contributed by atoms with Crippen molar-refractivity contribution in [2.24, 2.45) is 0 Å². The molecule has 0 aliphatic carbocycles. The van der Waals surface area contributed by atoms with Gasteiger partial charge in [0.25, 0.3) is 0 Å². The van der Waals surface area contributed by atoms with Gasteiger partial charge in [0.05, 0.1) is 14.2 Å². The number of methoxy groups -OCH3 is 2. The summed E-state index contributed by atoms with van der Waals surface area (Å²) in [5, 5.41) is 13.2. The second-order valence-corrected chi connectivity index (χ2v) is 5.42. The van der Waals surface area contributed by atoms with Gasteiger partial charge >= 0.3 is 0 Å². The Morgan fingerprint density at radius 1 is 1.00 bits per heavy atom. The Labute approximate surface area is 143 Å². The molecule has 0 bridgehead atoms. The van der Waals surface area contributed by atoms with E-state index in [1.54, 1.807) is 14.2 Å². The molecule has 2 aromatic carbocycles. The van der Waals surface area contributed by atoms with Crippen LogP contribution in [0.3, 0.4) is 0 Å². The lowest BCUT2D eigenvalue weighted by atomic mass is 10.1. The van der Waals surface area contributed by atoms with Crippen molar-refractivity contribution < 1.29 is 19.3 Å². The third-order valence-electron chi connectivity index (χ3n) is 3.60. The summed E-state index contributed by atoms with van der Waals surface area (Å²) in [5.74, 6) is 2.22. The lowest BCUT2D eigenvalue weighted by molar-refractivity contribution is 0.106. The van der Waals surface area contributed by atoms with Crippen LogP contribution in [0.2, 0.25) is 0 Å². The van der Waals surface area contributed by atoms with Crippen LogP contribution in [-0.4, -0.2) is 45.1 Å². The van der Waals surface area contributed by atoms with Crippen LogP contribution in [0, 0.1) is 0 Å².